The van der Waals surface area contributed by atoms with Crippen LogP contribution in [0.25, 0.3) is 132 Å². The maximum Gasteiger partial charge on any atom is 0.164 e. The van der Waals surface area contributed by atoms with E-state index in [-0.39, 0.29) is 0 Å². The van der Waals surface area contributed by atoms with Gasteiger partial charge in [0, 0.05) is 58.4 Å². The van der Waals surface area contributed by atoms with Crippen molar-refractivity contribution in [2.75, 3.05) is 0 Å². The lowest BCUT2D eigenvalue weighted by Gasteiger charge is -2.32. The summed E-state index contributed by atoms with van der Waals surface area (Å²) in [5.74, 6) is 1.72. The minimum Gasteiger partial charge on any atom is -0.456 e. The molecule has 0 atom stereocenters. The van der Waals surface area contributed by atoms with Crippen molar-refractivity contribution >= 4 is 75.4 Å². The van der Waals surface area contributed by atoms with Crippen molar-refractivity contribution in [1.82, 2.24) is 15.0 Å². The summed E-state index contributed by atoms with van der Waals surface area (Å²) in [6, 6.07) is 76.1. The third-order valence-electron chi connectivity index (χ3n) is 15.0. The number of thiophene rings is 1. The summed E-state index contributed by atoms with van der Waals surface area (Å²) in [5, 5.41) is 6.34. The van der Waals surface area contributed by atoms with Crippen LogP contribution in [0.2, 0.25) is 0 Å². The molecule has 0 unspecified atom stereocenters. The minimum absolute atomic E-state index is 0.493. The summed E-state index contributed by atoms with van der Waals surface area (Å²) in [7, 11) is 0. The molecule has 16 rings (SSSR count). The van der Waals surface area contributed by atoms with E-state index in [1.54, 1.807) is 11.3 Å². The van der Waals surface area contributed by atoms with Gasteiger partial charge in [-0.2, -0.15) is 0 Å². The molecule has 14 aromatic rings. The average molecular weight is 910 g/mol. The highest BCUT2D eigenvalue weighted by atomic mass is 32.1. The molecule has 10 aromatic carbocycles. The number of benzene rings is 10. The molecule has 5 nitrogen and oxygen atoms in total. The Hall–Kier alpha value is -8.97. The van der Waals surface area contributed by atoms with E-state index in [1.807, 2.05) is 42.5 Å². The molecule has 2 aliphatic rings. The van der Waals surface area contributed by atoms with Crippen LogP contribution in [0.4, 0.5) is 0 Å². The second-order valence-corrected chi connectivity index (χ2v) is 19.6. The highest BCUT2D eigenvalue weighted by Gasteiger charge is 2.52. The number of rotatable bonds is 4. The van der Waals surface area contributed by atoms with E-state index in [4.69, 9.17) is 23.8 Å². The smallest absolute Gasteiger partial charge is 0.164 e. The number of fused-ring (bicyclic) bond motifs is 19. The molecule has 0 saturated carbocycles. The number of para-hydroxylation sites is 1. The molecule has 0 N–H and O–H groups in total. The molecule has 4 aromatic heterocycles. The fraction of sp³-hybridized carbons (Fsp3) is 0.0156. The van der Waals surface area contributed by atoms with E-state index in [0.29, 0.717) is 17.5 Å². The predicted molar refractivity (Wildman–Crippen MR) is 285 cm³/mol. The molecule has 4 heterocycles. The Balaban J connectivity index is 0.940. The lowest BCUT2D eigenvalue weighted by molar-refractivity contribution is 0.668. The molecule has 0 saturated heterocycles. The van der Waals surface area contributed by atoms with E-state index in [1.165, 1.54) is 70.2 Å². The second-order valence-electron chi connectivity index (χ2n) is 18.5. The standard InChI is InChI=1S/C64H35N3O2S/c1-6-23-49-39(14-1)40-15-2-7-24-50(40)64(49)51-25-8-3-16-41(51)43-20-11-19-38(60(43)64)36-30-32-53-48(34-36)59-46(22-13-28-55(59)69-53)63-66-61(37-31-33-57-47(35-37)42-17-5-10-29-56(42)70-57)65-62(67-63)45-21-12-27-54-58(45)44-18-4-9-26-52(44)68-54/h1-35H. The Labute approximate surface area is 404 Å². The van der Waals surface area contributed by atoms with Gasteiger partial charge in [0.25, 0.3) is 0 Å². The Morgan fingerprint density at radius 3 is 1.50 bits per heavy atom. The maximum atomic E-state index is 6.76. The molecule has 324 valence electrons. The lowest BCUT2D eigenvalue weighted by Crippen LogP contribution is -2.26. The summed E-state index contributed by atoms with van der Waals surface area (Å²) in [6.45, 7) is 0. The van der Waals surface area contributed by atoms with E-state index < -0.39 is 5.41 Å². The second kappa shape index (κ2) is 14.0. The van der Waals surface area contributed by atoms with Gasteiger partial charge < -0.3 is 8.83 Å². The van der Waals surface area contributed by atoms with E-state index in [2.05, 4.69) is 170 Å². The van der Waals surface area contributed by atoms with Gasteiger partial charge >= 0.3 is 0 Å². The summed E-state index contributed by atoms with van der Waals surface area (Å²) in [6.07, 6.45) is 0. The fourth-order valence-electron chi connectivity index (χ4n) is 12.1. The third-order valence-corrected chi connectivity index (χ3v) is 16.1. The summed E-state index contributed by atoms with van der Waals surface area (Å²) in [5.41, 5.74) is 18.0. The van der Waals surface area contributed by atoms with Gasteiger partial charge in [-0.25, -0.2) is 15.0 Å². The Morgan fingerprint density at radius 2 is 0.786 bits per heavy atom. The van der Waals surface area contributed by atoms with Crippen molar-refractivity contribution in [3.05, 3.63) is 235 Å². The first-order chi connectivity index (χ1) is 34.7. The molecule has 0 fully saturated rings. The quantitative estimate of drug-likeness (QED) is 0.176. The Morgan fingerprint density at radius 1 is 0.314 bits per heavy atom. The van der Waals surface area contributed by atoms with Crippen LogP contribution in [0.5, 0.6) is 0 Å². The van der Waals surface area contributed by atoms with Gasteiger partial charge in [-0.3, -0.25) is 0 Å². The van der Waals surface area contributed by atoms with Crippen molar-refractivity contribution in [2.45, 2.75) is 5.41 Å². The van der Waals surface area contributed by atoms with E-state index in [0.717, 1.165) is 66.1 Å². The summed E-state index contributed by atoms with van der Waals surface area (Å²) < 4.78 is 15.6. The Kier molecular flexibility index (Phi) is 7.63. The molecule has 2 aliphatic carbocycles. The van der Waals surface area contributed by atoms with Crippen LogP contribution in [-0.4, -0.2) is 15.0 Å². The SMILES string of the molecule is c1ccc2c(c1)-c1ccccc1C21c2ccccc2-c2cccc(-c3ccc4oc5cccc(-c6nc(-c7ccc8sc9ccccc9c8c7)nc(-c7cccc8oc9ccccc9c78)n6)c5c4c3)c21. The number of nitrogens with zero attached hydrogens (tertiary/aromatic N) is 3. The van der Waals surface area contributed by atoms with Crippen molar-refractivity contribution in [3.8, 4) is 67.5 Å². The van der Waals surface area contributed by atoms with Crippen LogP contribution < -0.4 is 0 Å². The molecule has 6 heteroatoms. The molecule has 0 radical (unpaired) electrons. The summed E-state index contributed by atoms with van der Waals surface area (Å²) in [4.78, 5) is 16.1. The van der Waals surface area contributed by atoms with Crippen molar-refractivity contribution in [3.63, 3.8) is 0 Å². The zero-order valence-electron chi connectivity index (χ0n) is 37.3. The number of hydrogen-bond donors (Lipinski definition) is 0. The molecule has 0 amide bonds. The van der Waals surface area contributed by atoms with Crippen LogP contribution in [0.15, 0.2) is 221 Å². The minimum atomic E-state index is -0.493. The number of aromatic nitrogens is 3. The number of furan rings is 2. The fourth-order valence-corrected chi connectivity index (χ4v) is 13.2. The topological polar surface area (TPSA) is 65.0 Å². The normalized spacial score (nSPS) is 13.3. The molecular formula is C64H35N3O2S. The van der Waals surface area contributed by atoms with E-state index >= 15 is 0 Å². The Bertz CT molecular complexity index is 4510. The van der Waals surface area contributed by atoms with Crippen LogP contribution >= 0.6 is 11.3 Å². The third kappa shape index (κ3) is 5.07. The molecule has 0 bridgehead atoms. The lowest BCUT2D eigenvalue weighted by atomic mass is 9.68. The van der Waals surface area contributed by atoms with Crippen LogP contribution in [0.1, 0.15) is 22.3 Å². The van der Waals surface area contributed by atoms with Gasteiger partial charge in [0.15, 0.2) is 17.5 Å². The van der Waals surface area contributed by atoms with Crippen molar-refractivity contribution < 1.29 is 8.83 Å². The number of hydrogen-bond acceptors (Lipinski definition) is 6. The van der Waals surface area contributed by atoms with Gasteiger partial charge in [0.1, 0.15) is 22.3 Å². The van der Waals surface area contributed by atoms with Gasteiger partial charge in [0.2, 0.25) is 0 Å². The largest absolute Gasteiger partial charge is 0.456 e. The van der Waals surface area contributed by atoms with Crippen LogP contribution in [0, 0.1) is 0 Å². The van der Waals surface area contributed by atoms with Gasteiger partial charge in [-0.05, 0) is 110 Å². The van der Waals surface area contributed by atoms with Crippen LogP contribution in [0.3, 0.4) is 0 Å². The first-order valence-corrected chi connectivity index (χ1v) is 24.5. The van der Waals surface area contributed by atoms with Gasteiger partial charge in [-0.15, -0.1) is 11.3 Å². The average Bonchev–Trinajstić information content (AvgIpc) is 4.23. The highest BCUT2D eigenvalue weighted by Crippen LogP contribution is 2.64. The monoisotopic (exact) mass is 909 g/mol. The van der Waals surface area contributed by atoms with Gasteiger partial charge in [-0.1, -0.05) is 158 Å². The molecule has 70 heavy (non-hydrogen) atoms. The predicted octanol–water partition coefficient (Wildman–Crippen LogP) is 17.0. The van der Waals surface area contributed by atoms with E-state index in [9.17, 15) is 0 Å². The zero-order valence-corrected chi connectivity index (χ0v) is 38.1. The molecule has 0 aliphatic heterocycles. The zero-order chi connectivity index (χ0) is 45.7. The molecule has 1 spiro atoms. The van der Waals surface area contributed by atoms with Gasteiger partial charge in [0.05, 0.1) is 5.41 Å². The van der Waals surface area contributed by atoms with Crippen LogP contribution in [-0.2, 0) is 5.41 Å². The van der Waals surface area contributed by atoms with Crippen molar-refractivity contribution in [2.24, 2.45) is 0 Å². The first-order valence-electron chi connectivity index (χ1n) is 23.7. The summed E-state index contributed by atoms with van der Waals surface area (Å²) >= 11 is 1.80. The highest BCUT2D eigenvalue weighted by molar-refractivity contribution is 7.25. The molecular weight excluding hydrogens is 875 g/mol. The van der Waals surface area contributed by atoms with Crippen molar-refractivity contribution in [1.29, 1.82) is 0 Å². The first kappa shape index (κ1) is 38.0. The maximum absolute atomic E-state index is 6.76.